The first kappa shape index (κ1) is 37.7. The summed E-state index contributed by atoms with van der Waals surface area (Å²) in [4.78, 5) is 31.2. The molecule has 2 N–H and O–H groups in total. The Hall–Kier alpha value is -4.56. The number of hydrogen-bond acceptors (Lipinski definition) is 6. The summed E-state index contributed by atoms with van der Waals surface area (Å²) in [6.45, 7) is 5.76. The Kier molecular flexibility index (Phi) is 8.94. The minimum absolute atomic E-state index is 0.0362. The SMILES string of the molecule is CC12CCC(O)CC13C=CC1(C(C(=O)c4ccc(-c5ccccc5)cc4)=C3)C2CCC2(C)C1CCC2(O)CN(CC1CCCO1)C(=O)Oc1ccc2ccccc2c1. The molecule has 7 aliphatic rings. The van der Waals surface area contributed by atoms with Crippen LogP contribution < -0.4 is 4.74 Å². The Balaban J connectivity index is 1.01. The van der Waals surface area contributed by atoms with Crippen LogP contribution in [-0.2, 0) is 4.74 Å². The van der Waals surface area contributed by atoms with Crippen molar-refractivity contribution in [1.82, 2.24) is 4.90 Å². The number of amides is 1. The molecular weight excluding hydrogens is 723 g/mol. The van der Waals surface area contributed by atoms with Gasteiger partial charge < -0.3 is 24.6 Å². The molecule has 58 heavy (non-hydrogen) atoms. The lowest BCUT2D eigenvalue weighted by molar-refractivity contribution is -0.175. The van der Waals surface area contributed by atoms with E-state index >= 15 is 4.79 Å². The van der Waals surface area contributed by atoms with Gasteiger partial charge in [0, 0.05) is 34.0 Å². The number of rotatable bonds is 8. The summed E-state index contributed by atoms with van der Waals surface area (Å²) >= 11 is 0. The Morgan fingerprint density at radius 1 is 0.793 bits per heavy atom. The molecule has 1 amide bonds. The number of carbonyl (C=O) groups excluding carboxylic acids is 2. The highest BCUT2D eigenvalue weighted by molar-refractivity contribution is 6.10. The van der Waals surface area contributed by atoms with Crippen LogP contribution in [0.1, 0.15) is 82.0 Å². The van der Waals surface area contributed by atoms with Crippen LogP contribution >= 0.6 is 0 Å². The predicted octanol–water partition coefficient (Wildman–Crippen LogP) is 9.96. The molecule has 1 heterocycles. The number of ether oxygens (including phenoxy) is 2. The normalized spacial score (nSPS) is 35.8. The molecule has 1 saturated heterocycles. The highest BCUT2D eigenvalue weighted by atomic mass is 16.6. The number of fused-ring (bicyclic) bond motifs is 2. The van der Waals surface area contributed by atoms with E-state index < -0.39 is 34.0 Å². The first-order valence-corrected chi connectivity index (χ1v) is 21.6. The zero-order valence-corrected chi connectivity index (χ0v) is 33.7. The van der Waals surface area contributed by atoms with Crippen LogP contribution in [-0.4, -0.2) is 64.5 Å². The summed E-state index contributed by atoms with van der Waals surface area (Å²) in [6.07, 6.45) is 12.8. The van der Waals surface area contributed by atoms with Gasteiger partial charge >= 0.3 is 6.09 Å². The average Bonchev–Trinajstić information content (AvgIpc) is 3.85. The fraction of sp³-hybridized carbons (Fsp3) is 0.451. The van der Waals surface area contributed by atoms with Gasteiger partial charge in [0.2, 0.25) is 0 Å². The van der Waals surface area contributed by atoms with E-state index in [1.54, 1.807) is 4.90 Å². The van der Waals surface area contributed by atoms with Crippen LogP contribution in [0, 0.1) is 33.5 Å². The molecule has 4 aromatic rings. The van der Waals surface area contributed by atoms with Gasteiger partial charge in [-0.15, -0.1) is 0 Å². The van der Waals surface area contributed by atoms with Crippen molar-refractivity contribution in [3.8, 4) is 16.9 Å². The first-order valence-electron chi connectivity index (χ1n) is 21.6. The molecule has 4 aromatic carbocycles. The molecule has 11 rings (SSSR count). The van der Waals surface area contributed by atoms with E-state index in [2.05, 4.69) is 44.2 Å². The van der Waals surface area contributed by atoms with Gasteiger partial charge in [-0.3, -0.25) is 4.79 Å². The highest BCUT2D eigenvalue weighted by Gasteiger charge is 2.74. The van der Waals surface area contributed by atoms with Crippen molar-refractivity contribution < 1.29 is 29.3 Å². The number of Topliss-reactive ketones (excluding diaryl/α,β-unsaturated/α-hetero) is 1. The highest BCUT2D eigenvalue weighted by Crippen LogP contribution is 2.78. The summed E-state index contributed by atoms with van der Waals surface area (Å²) in [7, 11) is 0. The zero-order valence-electron chi connectivity index (χ0n) is 33.7. The lowest BCUT2D eigenvalue weighted by Gasteiger charge is -2.71. The van der Waals surface area contributed by atoms with Gasteiger partial charge in [0.05, 0.1) is 30.9 Å². The molecule has 7 nitrogen and oxygen atoms in total. The second kappa shape index (κ2) is 13.8. The molecule has 6 aliphatic carbocycles. The molecule has 300 valence electrons. The minimum atomic E-state index is -1.23. The molecule has 2 spiro atoms. The number of aliphatic hydroxyl groups is 2. The molecule has 9 atom stereocenters. The third kappa shape index (κ3) is 5.63. The van der Waals surface area contributed by atoms with Crippen LogP contribution in [0.3, 0.4) is 0 Å². The van der Waals surface area contributed by atoms with Crippen molar-refractivity contribution in [3.63, 3.8) is 0 Å². The van der Waals surface area contributed by atoms with Crippen LogP contribution in [0.4, 0.5) is 4.79 Å². The van der Waals surface area contributed by atoms with Crippen LogP contribution in [0.25, 0.3) is 21.9 Å². The van der Waals surface area contributed by atoms with E-state index in [1.807, 2.05) is 84.9 Å². The standard InChI is InChI=1S/C51H55NO6/c1-47-23-20-39(53)30-49(47)26-27-51(42(31-49)45(54)37-16-14-36(15-17-37)34-9-4-3-5-10-34)43(47)21-24-48(2)44(51)22-25-50(48,56)33-52(32-41-13-8-28-57-41)46(55)58-40-19-18-35-11-6-7-12-38(35)29-40/h3-7,9-12,14-19,26-27,29,31,39,41,43-44,53,56H,8,13,20-25,28,30,32-33H2,1-2H3. The first-order chi connectivity index (χ1) is 28.0. The number of carbonyl (C=O) groups is 2. The van der Waals surface area contributed by atoms with Gasteiger partial charge in [0.25, 0.3) is 0 Å². The Labute approximate surface area is 341 Å². The van der Waals surface area contributed by atoms with Crippen molar-refractivity contribution in [2.45, 2.75) is 89.4 Å². The van der Waals surface area contributed by atoms with Crippen LogP contribution in [0.2, 0.25) is 0 Å². The second-order valence-corrected chi connectivity index (χ2v) is 19.0. The summed E-state index contributed by atoms with van der Waals surface area (Å²) in [6, 6.07) is 31.9. The number of hydrogen-bond donors (Lipinski definition) is 2. The largest absolute Gasteiger partial charge is 0.415 e. The fourth-order valence-corrected chi connectivity index (χ4v) is 13.1. The zero-order chi connectivity index (χ0) is 39.9. The third-order valence-electron chi connectivity index (χ3n) is 16.3. The molecule has 7 heteroatoms. The van der Waals surface area contributed by atoms with Crippen molar-refractivity contribution in [1.29, 1.82) is 0 Å². The lowest BCUT2D eigenvalue weighted by atomic mass is 9.32. The van der Waals surface area contributed by atoms with E-state index in [0.29, 0.717) is 37.3 Å². The number of benzene rings is 4. The van der Waals surface area contributed by atoms with Crippen molar-refractivity contribution in [2.24, 2.45) is 33.5 Å². The minimum Gasteiger partial charge on any atom is -0.410 e. The average molecular weight is 778 g/mol. The number of nitrogens with zero attached hydrogens (tertiary/aromatic N) is 1. The van der Waals surface area contributed by atoms with E-state index in [4.69, 9.17) is 9.47 Å². The van der Waals surface area contributed by atoms with Crippen LogP contribution in [0.5, 0.6) is 5.75 Å². The molecule has 0 radical (unpaired) electrons. The van der Waals surface area contributed by atoms with Gasteiger partial charge in [0.1, 0.15) is 5.75 Å². The van der Waals surface area contributed by atoms with Crippen LogP contribution in [0.15, 0.2) is 121 Å². The molecule has 2 bridgehead atoms. The van der Waals surface area contributed by atoms with E-state index in [-0.39, 0.29) is 35.7 Å². The van der Waals surface area contributed by atoms with Crippen molar-refractivity contribution in [2.75, 3.05) is 19.7 Å². The topological polar surface area (TPSA) is 96.3 Å². The second-order valence-electron chi connectivity index (χ2n) is 19.0. The fourth-order valence-electron chi connectivity index (χ4n) is 13.1. The van der Waals surface area contributed by atoms with Gasteiger partial charge in [-0.1, -0.05) is 117 Å². The molecule has 9 unspecified atom stereocenters. The maximum Gasteiger partial charge on any atom is 0.415 e. The van der Waals surface area contributed by atoms with Gasteiger partial charge in [0.15, 0.2) is 5.78 Å². The Morgan fingerprint density at radius 3 is 2.28 bits per heavy atom. The molecular formula is C51H55NO6. The van der Waals surface area contributed by atoms with Crippen molar-refractivity contribution >= 4 is 22.6 Å². The van der Waals surface area contributed by atoms with E-state index in [9.17, 15) is 15.0 Å². The molecule has 4 fully saturated rings. The molecule has 1 aliphatic heterocycles. The predicted molar refractivity (Wildman–Crippen MR) is 225 cm³/mol. The lowest BCUT2D eigenvalue weighted by Crippen LogP contribution is -2.67. The van der Waals surface area contributed by atoms with Gasteiger partial charge in [-0.05, 0) is 109 Å². The summed E-state index contributed by atoms with van der Waals surface area (Å²) in [5.41, 5.74) is 0.659. The number of allylic oxidation sites excluding steroid dienone is 4. The third-order valence-corrected chi connectivity index (χ3v) is 16.3. The van der Waals surface area contributed by atoms with E-state index in [0.717, 1.165) is 72.4 Å². The summed E-state index contributed by atoms with van der Waals surface area (Å²) < 4.78 is 12.2. The maximum atomic E-state index is 15.2. The van der Waals surface area contributed by atoms with Gasteiger partial charge in [-0.2, -0.15) is 0 Å². The number of aliphatic hydroxyl groups excluding tert-OH is 1. The quantitative estimate of drug-likeness (QED) is 0.137. The smallest absolute Gasteiger partial charge is 0.410 e. The monoisotopic (exact) mass is 777 g/mol. The summed E-state index contributed by atoms with van der Waals surface area (Å²) in [5, 5.41) is 26.4. The maximum absolute atomic E-state index is 15.2. The molecule has 0 aromatic heterocycles. The Bertz CT molecular complexity index is 2310. The van der Waals surface area contributed by atoms with Crippen molar-refractivity contribution in [3.05, 3.63) is 126 Å². The summed E-state index contributed by atoms with van der Waals surface area (Å²) in [5.74, 6) is 0.638. The van der Waals surface area contributed by atoms with Gasteiger partial charge in [-0.25, -0.2) is 4.79 Å². The number of ketones is 1. The Morgan fingerprint density at radius 2 is 1.50 bits per heavy atom. The van der Waals surface area contributed by atoms with E-state index in [1.165, 1.54) is 0 Å². The molecule has 3 saturated carbocycles.